The van der Waals surface area contributed by atoms with Gasteiger partial charge in [0.2, 0.25) is 0 Å². The van der Waals surface area contributed by atoms with Gasteiger partial charge in [-0.25, -0.2) is 4.98 Å². The minimum Gasteiger partial charge on any atom is -0.394 e. The number of hydrogen-bond donors (Lipinski definition) is 4. The second kappa shape index (κ2) is 7.13. The van der Waals surface area contributed by atoms with Crippen LogP contribution in [0.15, 0.2) is 11.1 Å². The molecule has 0 spiro atoms. The van der Waals surface area contributed by atoms with Crippen molar-refractivity contribution in [3.8, 4) is 0 Å². The zero-order valence-corrected chi connectivity index (χ0v) is 12.9. The van der Waals surface area contributed by atoms with E-state index >= 15 is 0 Å². The van der Waals surface area contributed by atoms with E-state index in [9.17, 15) is 24.2 Å². The van der Waals surface area contributed by atoms with E-state index in [1.165, 1.54) is 13.8 Å². The van der Waals surface area contributed by atoms with Gasteiger partial charge >= 0.3 is 0 Å². The molecular formula is C13H17FN4O6. The van der Waals surface area contributed by atoms with Gasteiger partial charge in [-0.15, -0.1) is 0 Å². The summed E-state index contributed by atoms with van der Waals surface area (Å²) >= 11 is 0. The molecule has 11 heteroatoms. The van der Waals surface area contributed by atoms with Crippen molar-refractivity contribution in [3.05, 3.63) is 22.8 Å². The summed E-state index contributed by atoms with van der Waals surface area (Å²) in [6, 6.07) is 0. The number of ether oxygens (including phenoxy) is 1. The van der Waals surface area contributed by atoms with Crippen molar-refractivity contribution in [1.29, 1.82) is 0 Å². The van der Waals surface area contributed by atoms with Gasteiger partial charge in [0.15, 0.2) is 17.4 Å². The van der Waals surface area contributed by atoms with E-state index in [0.717, 1.165) is 10.9 Å². The molecule has 2 aromatic heterocycles. The minimum atomic E-state index is -1.37. The topological polar surface area (TPSA) is 151 Å². The number of nitrogens with zero attached hydrogens (tertiary/aromatic N) is 3. The van der Waals surface area contributed by atoms with Crippen molar-refractivity contribution >= 4 is 16.9 Å². The quantitative estimate of drug-likeness (QED) is 0.479. The molecule has 4 N–H and O–H groups in total. The molecule has 4 atom stereocenters. The highest BCUT2D eigenvalue weighted by Crippen LogP contribution is 2.30. The SMILES string of the molecule is CC(C)=O.O=c1[nH]c(F)nc2c1ncn2C1OC(CO)C(O)C1O. The summed E-state index contributed by atoms with van der Waals surface area (Å²) in [6.07, 6.45) is -4.74. The van der Waals surface area contributed by atoms with Crippen molar-refractivity contribution < 1.29 is 29.2 Å². The molecule has 0 aromatic carbocycles. The number of H-pyrrole nitrogens is 1. The lowest BCUT2D eigenvalue weighted by molar-refractivity contribution is -0.114. The first-order chi connectivity index (χ1) is 11.3. The molecule has 4 unspecified atom stereocenters. The summed E-state index contributed by atoms with van der Waals surface area (Å²) in [4.78, 5) is 30.1. The molecule has 2 aromatic rings. The fourth-order valence-corrected chi connectivity index (χ4v) is 2.20. The number of carbonyl (C=O) groups is 1. The largest absolute Gasteiger partial charge is 0.394 e. The summed E-state index contributed by atoms with van der Waals surface area (Å²) < 4.78 is 19.6. The van der Waals surface area contributed by atoms with Crippen molar-refractivity contribution in [3.63, 3.8) is 0 Å². The van der Waals surface area contributed by atoms with Crippen LogP contribution in [0.25, 0.3) is 11.2 Å². The smallest absolute Gasteiger partial charge is 0.291 e. The zero-order chi connectivity index (χ0) is 18.0. The predicted octanol–water partition coefficient (Wildman–Crippen LogP) is -1.53. The monoisotopic (exact) mass is 344 g/mol. The lowest BCUT2D eigenvalue weighted by Crippen LogP contribution is -2.33. The van der Waals surface area contributed by atoms with E-state index in [2.05, 4.69) is 9.97 Å². The molecule has 24 heavy (non-hydrogen) atoms. The molecule has 1 saturated heterocycles. The van der Waals surface area contributed by atoms with E-state index in [4.69, 9.17) is 9.84 Å². The highest BCUT2D eigenvalue weighted by Gasteiger charge is 2.44. The number of fused-ring (bicyclic) bond motifs is 1. The maximum atomic E-state index is 13.2. The van der Waals surface area contributed by atoms with Gasteiger partial charge in [0.05, 0.1) is 12.9 Å². The van der Waals surface area contributed by atoms with Crippen LogP contribution in [0.3, 0.4) is 0 Å². The summed E-state index contributed by atoms with van der Waals surface area (Å²) in [7, 11) is 0. The first-order valence-corrected chi connectivity index (χ1v) is 6.98. The maximum absolute atomic E-state index is 13.2. The molecule has 132 valence electrons. The molecule has 0 aliphatic carbocycles. The Hall–Kier alpha value is -2.21. The van der Waals surface area contributed by atoms with E-state index in [-0.39, 0.29) is 16.9 Å². The zero-order valence-electron chi connectivity index (χ0n) is 12.9. The number of imidazole rings is 1. The number of hydrogen-bond acceptors (Lipinski definition) is 8. The van der Waals surface area contributed by atoms with Gasteiger partial charge in [-0.05, 0) is 13.8 Å². The van der Waals surface area contributed by atoms with Gasteiger partial charge in [0.1, 0.15) is 24.1 Å². The number of carbonyl (C=O) groups excluding carboxylic acids is 1. The van der Waals surface area contributed by atoms with Crippen LogP contribution in [0.4, 0.5) is 4.39 Å². The Labute approximate surface area is 134 Å². The molecule has 1 fully saturated rings. The highest BCUT2D eigenvalue weighted by molar-refractivity contribution is 5.72. The van der Waals surface area contributed by atoms with Crippen molar-refractivity contribution in [2.24, 2.45) is 0 Å². The van der Waals surface area contributed by atoms with Crippen molar-refractivity contribution in [2.45, 2.75) is 38.4 Å². The van der Waals surface area contributed by atoms with E-state index < -0.39 is 42.8 Å². The first-order valence-electron chi connectivity index (χ1n) is 6.98. The van der Waals surface area contributed by atoms with E-state index in [1.54, 1.807) is 0 Å². The molecule has 0 bridgehead atoms. The Bertz CT molecular complexity index is 786. The van der Waals surface area contributed by atoms with Crippen LogP contribution in [0, 0.1) is 6.08 Å². The average molecular weight is 344 g/mol. The second-order valence-electron chi connectivity index (χ2n) is 5.32. The number of nitrogens with one attached hydrogen (secondary N) is 1. The normalized spacial score (nSPS) is 26.2. The van der Waals surface area contributed by atoms with Crippen molar-refractivity contribution in [2.75, 3.05) is 6.61 Å². The number of halogens is 1. The summed E-state index contributed by atoms with van der Waals surface area (Å²) in [6.45, 7) is 2.56. The summed E-state index contributed by atoms with van der Waals surface area (Å²) in [5.41, 5.74) is -1.01. The molecule has 0 radical (unpaired) electrons. The third-order valence-corrected chi connectivity index (χ3v) is 3.19. The average Bonchev–Trinajstić information content (AvgIpc) is 3.01. The lowest BCUT2D eigenvalue weighted by Gasteiger charge is -2.16. The van der Waals surface area contributed by atoms with Gasteiger partial charge < -0.3 is 24.9 Å². The van der Waals surface area contributed by atoms with Gasteiger partial charge in [0.25, 0.3) is 11.6 Å². The number of aliphatic hydroxyl groups excluding tert-OH is 3. The Morgan fingerprint density at radius 2 is 2.04 bits per heavy atom. The molecule has 1 aliphatic heterocycles. The van der Waals surface area contributed by atoms with E-state index in [1.807, 2.05) is 4.98 Å². The molecular weight excluding hydrogens is 327 g/mol. The van der Waals surface area contributed by atoms with Crippen molar-refractivity contribution in [1.82, 2.24) is 19.5 Å². The van der Waals surface area contributed by atoms with Crippen LogP contribution in [0.5, 0.6) is 0 Å². The summed E-state index contributed by atoms with van der Waals surface area (Å²) in [5, 5.41) is 28.6. The maximum Gasteiger partial charge on any atom is 0.291 e. The fraction of sp³-hybridized carbons (Fsp3) is 0.538. The number of aromatic nitrogens is 4. The minimum absolute atomic E-state index is 0.121. The summed E-state index contributed by atoms with van der Waals surface area (Å²) in [5.74, 6) is 0.167. The van der Waals surface area contributed by atoms with Crippen LogP contribution in [0.1, 0.15) is 20.1 Å². The van der Waals surface area contributed by atoms with Crippen LogP contribution < -0.4 is 5.56 Å². The number of aromatic amines is 1. The third kappa shape index (κ3) is 3.48. The Kier molecular flexibility index (Phi) is 5.39. The third-order valence-electron chi connectivity index (χ3n) is 3.19. The molecule has 3 rings (SSSR count). The predicted molar refractivity (Wildman–Crippen MR) is 77.5 cm³/mol. The highest BCUT2D eigenvalue weighted by atomic mass is 19.1. The molecule has 1 aliphatic rings. The number of Topliss-reactive ketones (excluding diaryl/α,β-unsaturated/α-hetero) is 1. The number of aliphatic hydroxyl groups is 3. The standard InChI is InChI=1S/C10H11FN4O5.C3H6O/c11-10-13-7-4(8(19)14-10)12-2-15(7)9-6(18)5(17)3(1-16)20-9;1-3(2)4/h2-3,5-6,9,16-18H,1H2,(H,13,14,19);1-2H3. The van der Waals surface area contributed by atoms with Gasteiger partial charge in [-0.3, -0.25) is 14.3 Å². The Morgan fingerprint density at radius 1 is 1.42 bits per heavy atom. The fourth-order valence-electron chi connectivity index (χ4n) is 2.20. The van der Waals surface area contributed by atoms with Gasteiger partial charge in [0, 0.05) is 0 Å². The van der Waals surface area contributed by atoms with Crippen LogP contribution in [-0.4, -0.2) is 65.5 Å². The van der Waals surface area contributed by atoms with E-state index in [0.29, 0.717) is 0 Å². The molecule has 0 amide bonds. The van der Waals surface area contributed by atoms with Gasteiger partial charge in [-0.2, -0.15) is 9.37 Å². The van der Waals surface area contributed by atoms with Crippen LogP contribution >= 0.6 is 0 Å². The molecule has 10 nitrogen and oxygen atoms in total. The lowest BCUT2D eigenvalue weighted by atomic mass is 10.1. The number of ketones is 1. The first kappa shape index (κ1) is 18.1. The Morgan fingerprint density at radius 3 is 2.58 bits per heavy atom. The van der Waals surface area contributed by atoms with Crippen LogP contribution in [0.2, 0.25) is 0 Å². The molecule has 3 heterocycles. The van der Waals surface area contributed by atoms with Crippen LogP contribution in [-0.2, 0) is 9.53 Å². The Balaban J connectivity index is 0.000000471. The second-order valence-corrected chi connectivity index (χ2v) is 5.32. The van der Waals surface area contributed by atoms with Gasteiger partial charge in [-0.1, -0.05) is 0 Å². The number of rotatable bonds is 2. The molecule has 0 saturated carbocycles.